The normalized spacial score (nSPS) is 17.0. The van der Waals surface area contributed by atoms with Crippen LogP contribution in [0.2, 0.25) is 0 Å². The second-order valence-corrected chi connectivity index (χ2v) is 7.43. The highest BCUT2D eigenvalue weighted by Gasteiger charge is 2.25. The number of carbonyl (C=O) groups is 1. The highest BCUT2D eigenvalue weighted by Crippen LogP contribution is 2.24. The van der Waals surface area contributed by atoms with Gasteiger partial charge in [-0.05, 0) is 31.7 Å². The summed E-state index contributed by atoms with van der Waals surface area (Å²) in [6.07, 6.45) is 5.92. The summed E-state index contributed by atoms with van der Waals surface area (Å²) in [6.45, 7) is 10.3. The lowest BCUT2D eigenvalue weighted by atomic mass is 9.97. The topological polar surface area (TPSA) is 95.6 Å². The summed E-state index contributed by atoms with van der Waals surface area (Å²) in [5, 5.41) is 6.78. The monoisotopic (exact) mass is 516 g/mol. The Morgan fingerprint density at radius 3 is 2.76 bits per heavy atom. The van der Waals surface area contributed by atoms with Gasteiger partial charge < -0.3 is 21.3 Å². The first kappa shape index (κ1) is 25.5. The van der Waals surface area contributed by atoms with E-state index in [9.17, 15) is 4.79 Å². The molecule has 164 valence electrons. The number of hydrogen-bond acceptors (Lipinski definition) is 4. The number of nitrogens with one attached hydrogen (secondary N) is 2. The van der Waals surface area contributed by atoms with E-state index in [2.05, 4.69) is 47.4 Å². The fourth-order valence-corrected chi connectivity index (χ4v) is 3.56. The fourth-order valence-electron chi connectivity index (χ4n) is 3.56. The van der Waals surface area contributed by atoms with E-state index in [1.54, 1.807) is 6.20 Å². The van der Waals surface area contributed by atoms with Crippen molar-refractivity contribution >= 4 is 41.7 Å². The van der Waals surface area contributed by atoms with E-state index in [-0.39, 0.29) is 35.8 Å². The Bertz CT molecular complexity index is 650. The molecule has 0 radical (unpaired) electrons. The number of guanidine groups is 1. The predicted molar refractivity (Wildman–Crippen MR) is 131 cm³/mol. The number of halogens is 1. The zero-order chi connectivity index (χ0) is 20.4. The van der Waals surface area contributed by atoms with Gasteiger partial charge in [-0.3, -0.25) is 4.79 Å². The number of anilines is 1. The highest BCUT2D eigenvalue weighted by atomic mass is 127. The van der Waals surface area contributed by atoms with Crippen LogP contribution in [0.25, 0.3) is 0 Å². The summed E-state index contributed by atoms with van der Waals surface area (Å²) >= 11 is 0. The smallest absolute Gasteiger partial charge is 0.222 e. The van der Waals surface area contributed by atoms with Gasteiger partial charge >= 0.3 is 0 Å². The first-order valence-corrected chi connectivity index (χ1v) is 10.6. The fraction of sp³-hybridized carbons (Fsp3) is 0.667. The Kier molecular flexibility index (Phi) is 11.9. The lowest BCUT2D eigenvalue weighted by Gasteiger charge is -2.33. The van der Waals surface area contributed by atoms with Gasteiger partial charge in [0.1, 0.15) is 5.82 Å². The molecule has 1 aliphatic heterocycles. The summed E-state index contributed by atoms with van der Waals surface area (Å²) in [5.41, 5.74) is 6.60. The van der Waals surface area contributed by atoms with E-state index < -0.39 is 0 Å². The maximum absolute atomic E-state index is 11.6. The Morgan fingerprint density at radius 1 is 1.34 bits per heavy atom. The molecule has 1 aliphatic rings. The van der Waals surface area contributed by atoms with Crippen molar-refractivity contribution in [2.45, 2.75) is 53.0 Å². The molecule has 4 N–H and O–H groups in total. The van der Waals surface area contributed by atoms with Gasteiger partial charge in [0.2, 0.25) is 5.91 Å². The van der Waals surface area contributed by atoms with Gasteiger partial charge in [0.15, 0.2) is 5.96 Å². The zero-order valence-corrected chi connectivity index (χ0v) is 20.3. The molecule has 2 heterocycles. The van der Waals surface area contributed by atoms with E-state index in [4.69, 9.17) is 10.7 Å². The lowest BCUT2D eigenvalue weighted by Crippen LogP contribution is -2.42. The molecule has 1 fully saturated rings. The van der Waals surface area contributed by atoms with Crippen LogP contribution in [-0.4, -0.2) is 43.0 Å². The van der Waals surface area contributed by atoms with E-state index >= 15 is 0 Å². The zero-order valence-electron chi connectivity index (χ0n) is 18.0. The average molecular weight is 516 g/mol. The third-order valence-corrected chi connectivity index (χ3v) is 5.46. The van der Waals surface area contributed by atoms with Gasteiger partial charge in [-0.1, -0.05) is 32.8 Å². The molecule has 2 rings (SSSR count). The van der Waals surface area contributed by atoms with Gasteiger partial charge in [-0.15, -0.1) is 24.0 Å². The van der Waals surface area contributed by atoms with Crippen LogP contribution in [0.4, 0.5) is 5.82 Å². The second kappa shape index (κ2) is 13.6. The maximum atomic E-state index is 11.6. The van der Waals surface area contributed by atoms with Crippen LogP contribution >= 0.6 is 24.0 Å². The van der Waals surface area contributed by atoms with Crippen LogP contribution in [0.1, 0.15) is 52.0 Å². The number of nitrogens with zero attached hydrogens (tertiary/aromatic N) is 3. The molecular weight excluding hydrogens is 479 g/mol. The van der Waals surface area contributed by atoms with Gasteiger partial charge in [0.05, 0.1) is 12.5 Å². The molecule has 0 aromatic carbocycles. The summed E-state index contributed by atoms with van der Waals surface area (Å²) in [6, 6.07) is 4.00. The Morgan fingerprint density at radius 2 is 2.10 bits per heavy atom. The van der Waals surface area contributed by atoms with Gasteiger partial charge in [-0.2, -0.15) is 0 Å². The minimum atomic E-state index is -0.222. The van der Waals surface area contributed by atoms with Crippen molar-refractivity contribution < 1.29 is 4.79 Å². The minimum absolute atomic E-state index is 0. The summed E-state index contributed by atoms with van der Waals surface area (Å²) in [7, 11) is 0. The number of amides is 1. The summed E-state index contributed by atoms with van der Waals surface area (Å²) in [5.74, 6) is 2.06. The number of carbonyl (C=O) groups excluding carboxylic acids is 1. The highest BCUT2D eigenvalue weighted by molar-refractivity contribution is 14.0. The maximum Gasteiger partial charge on any atom is 0.222 e. The van der Waals surface area contributed by atoms with E-state index in [1.165, 1.54) is 0 Å². The molecule has 1 amide bonds. The van der Waals surface area contributed by atoms with Crippen LogP contribution in [0, 0.1) is 11.8 Å². The first-order chi connectivity index (χ1) is 13.6. The summed E-state index contributed by atoms with van der Waals surface area (Å²) in [4.78, 5) is 23.1. The summed E-state index contributed by atoms with van der Waals surface area (Å²) < 4.78 is 0. The van der Waals surface area contributed by atoms with Crippen molar-refractivity contribution in [3.8, 4) is 0 Å². The molecule has 1 unspecified atom stereocenters. The molecule has 0 aliphatic carbocycles. The van der Waals surface area contributed by atoms with Gasteiger partial charge in [0, 0.05) is 37.9 Å². The number of nitrogens with two attached hydrogens (primary N) is 1. The van der Waals surface area contributed by atoms with Crippen molar-refractivity contribution in [3.63, 3.8) is 0 Å². The minimum Gasteiger partial charge on any atom is -0.369 e. The van der Waals surface area contributed by atoms with Crippen molar-refractivity contribution in [1.29, 1.82) is 0 Å². The number of rotatable bonds is 9. The van der Waals surface area contributed by atoms with Gasteiger partial charge in [0.25, 0.3) is 0 Å². The molecule has 8 heteroatoms. The average Bonchev–Trinajstić information content (AvgIpc) is 2.73. The van der Waals surface area contributed by atoms with Gasteiger partial charge in [-0.25, -0.2) is 9.98 Å². The Hall–Kier alpha value is -1.58. The predicted octanol–water partition coefficient (Wildman–Crippen LogP) is 2.89. The molecule has 1 aromatic heterocycles. The molecule has 0 saturated carbocycles. The Balaban J connectivity index is 0.00000420. The second-order valence-electron chi connectivity index (χ2n) is 7.43. The van der Waals surface area contributed by atoms with E-state index in [0.29, 0.717) is 19.0 Å². The molecule has 1 atom stereocenters. The van der Waals surface area contributed by atoms with Crippen LogP contribution in [0.3, 0.4) is 0 Å². The van der Waals surface area contributed by atoms with Crippen LogP contribution in [-0.2, 0) is 11.3 Å². The van der Waals surface area contributed by atoms with Crippen LogP contribution in [0.5, 0.6) is 0 Å². The largest absolute Gasteiger partial charge is 0.369 e. The number of aromatic nitrogens is 1. The molecule has 0 bridgehead atoms. The number of primary amides is 1. The van der Waals surface area contributed by atoms with Crippen molar-refractivity contribution in [2.24, 2.45) is 22.6 Å². The number of pyridine rings is 1. The number of aliphatic imine (C=N–C) groups is 1. The third kappa shape index (κ3) is 7.98. The number of hydrogen-bond donors (Lipinski definition) is 3. The molecule has 7 nitrogen and oxygen atoms in total. The third-order valence-electron chi connectivity index (χ3n) is 5.46. The van der Waals surface area contributed by atoms with Crippen molar-refractivity contribution in [1.82, 2.24) is 15.6 Å². The van der Waals surface area contributed by atoms with Crippen molar-refractivity contribution in [2.75, 3.05) is 31.1 Å². The van der Waals surface area contributed by atoms with Crippen LogP contribution < -0.4 is 21.3 Å². The molecule has 0 spiro atoms. The standard InChI is InChI=1S/C21H36N6O.HI/c1-4-16(5-2)13-25-21(23-6-3)26-14-17-9-7-11-24-20(17)27-12-8-10-18(15-27)19(22)28;/h7,9,11,16,18H,4-6,8,10,12-15H2,1-3H3,(H2,22,28)(H2,23,25,26);1H. The Labute approximate surface area is 192 Å². The number of piperidine rings is 1. The molecule has 1 saturated heterocycles. The quantitative estimate of drug-likeness (QED) is 0.267. The SMILES string of the molecule is CCNC(=NCc1cccnc1N1CCCC(C(N)=O)C1)NCC(CC)CC.I. The van der Waals surface area contributed by atoms with E-state index in [0.717, 1.165) is 62.7 Å². The van der Waals surface area contributed by atoms with E-state index in [1.807, 2.05) is 6.07 Å². The molecule has 1 aromatic rings. The molecule has 29 heavy (non-hydrogen) atoms. The first-order valence-electron chi connectivity index (χ1n) is 10.6. The van der Waals surface area contributed by atoms with Crippen LogP contribution in [0.15, 0.2) is 23.3 Å². The molecular formula is C21H37IN6O. The lowest BCUT2D eigenvalue weighted by molar-refractivity contribution is -0.122. The van der Waals surface area contributed by atoms with Crippen molar-refractivity contribution in [3.05, 3.63) is 23.9 Å².